The number of carboxylic acid groups (broad SMARTS) is 1. The summed E-state index contributed by atoms with van der Waals surface area (Å²) in [6, 6.07) is 14.4. The summed E-state index contributed by atoms with van der Waals surface area (Å²) in [5.41, 5.74) is 6.57. The van der Waals surface area contributed by atoms with E-state index in [0.29, 0.717) is 18.9 Å². The molecule has 3 aromatic rings. The van der Waals surface area contributed by atoms with E-state index in [2.05, 4.69) is 37.3 Å². The molecule has 4 rings (SSSR count). The van der Waals surface area contributed by atoms with Crippen molar-refractivity contribution in [1.29, 1.82) is 0 Å². The van der Waals surface area contributed by atoms with Crippen molar-refractivity contribution >= 4 is 11.5 Å². The Hall–Kier alpha value is -3.34. The smallest absolute Gasteiger partial charge is 0.307 e. The number of nitrogens with zero attached hydrogens (tertiary/aromatic N) is 1. The molecule has 0 saturated heterocycles. The van der Waals surface area contributed by atoms with Crippen LogP contribution in [0, 0.1) is 6.92 Å². The molecule has 1 heterocycles. The first kappa shape index (κ1) is 21.9. The Balaban J connectivity index is 1.44. The Labute approximate surface area is 188 Å². The van der Waals surface area contributed by atoms with Crippen molar-refractivity contribution in [2.45, 2.75) is 52.4 Å². The highest BCUT2D eigenvalue weighted by Gasteiger charge is 2.18. The first-order valence-corrected chi connectivity index (χ1v) is 11.3. The molecule has 0 saturated carbocycles. The van der Waals surface area contributed by atoms with Gasteiger partial charge in [0, 0.05) is 17.5 Å². The van der Waals surface area contributed by atoms with Crippen molar-refractivity contribution in [2.75, 3.05) is 6.61 Å². The zero-order valence-electron chi connectivity index (χ0n) is 18.7. The van der Waals surface area contributed by atoms with E-state index < -0.39 is 5.97 Å². The van der Waals surface area contributed by atoms with E-state index in [1.54, 1.807) is 0 Å². The second-order valence-electron chi connectivity index (χ2n) is 8.13. The van der Waals surface area contributed by atoms with E-state index in [9.17, 15) is 4.79 Å². The van der Waals surface area contributed by atoms with Gasteiger partial charge in [-0.15, -0.1) is 0 Å². The standard InChI is InChI=1S/C27H29NO4/c1-3-19-10-12-21(13-11-19)27-28-24(18(2)32-27)16-17-31-25-9-5-7-22-20(14-15-26(29)30)6-4-8-23(22)25/h5,7,9-14H,3-4,6,8,15-17H2,1-2H3,(H,29,30)/b20-14-. The highest BCUT2D eigenvalue weighted by Crippen LogP contribution is 2.36. The second kappa shape index (κ2) is 9.86. The third kappa shape index (κ3) is 4.93. The molecular formula is C27H29NO4. The molecule has 5 nitrogen and oxygen atoms in total. The van der Waals surface area contributed by atoms with Crippen LogP contribution in [0.4, 0.5) is 0 Å². The number of carboxylic acids is 1. The zero-order chi connectivity index (χ0) is 22.5. The number of allylic oxidation sites excluding steroid dienone is 1. The van der Waals surface area contributed by atoms with Gasteiger partial charge in [0.15, 0.2) is 0 Å². The number of benzene rings is 2. The summed E-state index contributed by atoms with van der Waals surface area (Å²) >= 11 is 0. The molecule has 1 aliphatic carbocycles. The molecule has 166 valence electrons. The average Bonchev–Trinajstić information content (AvgIpc) is 3.18. The summed E-state index contributed by atoms with van der Waals surface area (Å²) < 4.78 is 12.1. The lowest BCUT2D eigenvalue weighted by Gasteiger charge is -2.22. The summed E-state index contributed by atoms with van der Waals surface area (Å²) in [6.07, 6.45) is 6.40. The van der Waals surface area contributed by atoms with Crippen LogP contribution in [-0.2, 0) is 24.1 Å². The molecule has 0 spiro atoms. The number of hydrogen-bond donors (Lipinski definition) is 1. The normalized spacial score (nSPS) is 14.4. The number of aromatic nitrogens is 1. The molecule has 0 aliphatic heterocycles. The van der Waals surface area contributed by atoms with Crippen LogP contribution in [-0.4, -0.2) is 22.7 Å². The van der Waals surface area contributed by atoms with Gasteiger partial charge in [-0.2, -0.15) is 0 Å². The summed E-state index contributed by atoms with van der Waals surface area (Å²) in [4.78, 5) is 15.7. The Morgan fingerprint density at radius 3 is 2.75 bits per heavy atom. The minimum atomic E-state index is -0.805. The molecule has 1 N–H and O–H groups in total. The lowest BCUT2D eigenvalue weighted by molar-refractivity contribution is -0.136. The number of carbonyl (C=O) groups is 1. The molecule has 0 fully saturated rings. The minimum Gasteiger partial charge on any atom is -0.493 e. The SMILES string of the molecule is CCc1ccc(-c2nc(CCOc3cccc4c3CCC/C4=C/CC(=O)O)c(C)o2)cc1. The molecule has 0 amide bonds. The van der Waals surface area contributed by atoms with Gasteiger partial charge in [-0.1, -0.05) is 37.3 Å². The molecule has 1 aromatic heterocycles. The van der Waals surface area contributed by atoms with Crippen LogP contribution in [0.3, 0.4) is 0 Å². The van der Waals surface area contributed by atoms with Gasteiger partial charge in [-0.25, -0.2) is 4.98 Å². The van der Waals surface area contributed by atoms with Crippen LogP contribution in [0.25, 0.3) is 17.0 Å². The third-order valence-electron chi connectivity index (χ3n) is 5.97. The first-order chi connectivity index (χ1) is 15.5. The number of oxazole rings is 1. The zero-order valence-corrected chi connectivity index (χ0v) is 18.7. The lowest BCUT2D eigenvalue weighted by Crippen LogP contribution is -2.09. The van der Waals surface area contributed by atoms with Crippen molar-refractivity contribution in [1.82, 2.24) is 4.98 Å². The van der Waals surface area contributed by atoms with E-state index >= 15 is 0 Å². The number of aryl methyl sites for hydroxylation is 2. The van der Waals surface area contributed by atoms with Crippen LogP contribution >= 0.6 is 0 Å². The van der Waals surface area contributed by atoms with Gasteiger partial charge in [0.05, 0.1) is 18.7 Å². The van der Waals surface area contributed by atoms with Crippen molar-refractivity contribution in [3.05, 3.63) is 76.7 Å². The fourth-order valence-corrected chi connectivity index (χ4v) is 4.20. The summed E-state index contributed by atoms with van der Waals surface area (Å²) in [7, 11) is 0. The fraction of sp³-hybridized carbons (Fsp3) is 0.333. The highest BCUT2D eigenvalue weighted by atomic mass is 16.5. The number of hydrogen-bond acceptors (Lipinski definition) is 4. The predicted octanol–water partition coefficient (Wildman–Crippen LogP) is 6.03. The third-order valence-corrected chi connectivity index (χ3v) is 5.97. The molecule has 0 unspecified atom stereocenters. The van der Waals surface area contributed by atoms with Crippen molar-refractivity contribution in [3.63, 3.8) is 0 Å². The highest BCUT2D eigenvalue weighted by molar-refractivity contribution is 5.77. The minimum absolute atomic E-state index is 0.0504. The van der Waals surface area contributed by atoms with E-state index in [-0.39, 0.29) is 6.42 Å². The van der Waals surface area contributed by atoms with Crippen LogP contribution in [0.5, 0.6) is 5.75 Å². The van der Waals surface area contributed by atoms with Gasteiger partial charge in [-0.05, 0) is 67.5 Å². The van der Waals surface area contributed by atoms with Gasteiger partial charge in [0.25, 0.3) is 0 Å². The molecule has 5 heteroatoms. The fourth-order valence-electron chi connectivity index (χ4n) is 4.20. The van der Waals surface area contributed by atoms with Gasteiger partial charge in [0.2, 0.25) is 5.89 Å². The average molecular weight is 432 g/mol. The molecule has 32 heavy (non-hydrogen) atoms. The maximum Gasteiger partial charge on any atom is 0.307 e. The number of ether oxygens (including phenoxy) is 1. The maximum atomic E-state index is 11.0. The Kier molecular flexibility index (Phi) is 6.74. The van der Waals surface area contributed by atoms with Gasteiger partial charge in [0.1, 0.15) is 11.5 Å². The molecule has 0 bridgehead atoms. The topological polar surface area (TPSA) is 72.6 Å². The van der Waals surface area contributed by atoms with Crippen molar-refractivity contribution in [2.24, 2.45) is 0 Å². The summed E-state index contributed by atoms with van der Waals surface area (Å²) in [5.74, 6) is 1.53. The molecule has 0 atom stereocenters. The molecular weight excluding hydrogens is 402 g/mol. The van der Waals surface area contributed by atoms with E-state index in [1.807, 2.05) is 25.1 Å². The van der Waals surface area contributed by atoms with Crippen LogP contribution < -0.4 is 4.74 Å². The predicted molar refractivity (Wildman–Crippen MR) is 125 cm³/mol. The first-order valence-electron chi connectivity index (χ1n) is 11.3. The van der Waals surface area contributed by atoms with Crippen LogP contribution in [0.15, 0.2) is 53.0 Å². The van der Waals surface area contributed by atoms with Gasteiger partial charge >= 0.3 is 5.97 Å². The maximum absolute atomic E-state index is 11.0. The lowest BCUT2D eigenvalue weighted by atomic mass is 9.86. The van der Waals surface area contributed by atoms with Crippen molar-refractivity contribution < 1.29 is 19.1 Å². The molecule has 1 aliphatic rings. The summed E-state index contributed by atoms with van der Waals surface area (Å²) in [6.45, 7) is 4.59. The Morgan fingerprint density at radius 1 is 1.19 bits per heavy atom. The molecule has 0 radical (unpaired) electrons. The monoisotopic (exact) mass is 431 g/mol. The van der Waals surface area contributed by atoms with E-state index in [0.717, 1.165) is 59.6 Å². The van der Waals surface area contributed by atoms with Crippen molar-refractivity contribution in [3.8, 4) is 17.2 Å². The number of aliphatic carboxylic acids is 1. The molecule has 2 aromatic carbocycles. The van der Waals surface area contributed by atoms with E-state index in [4.69, 9.17) is 19.2 Å². The summed E-state index contributed by atoms with van der Waals surface area (Å²) in [5, 5.41) is 9.01. The number of fused-ring (bicyclic) bond motifs is 1. The van der Waals surface area contributed by atoms with Gasteiger partial charge in [-0.3, -0.25) is 4.79 Å². The van der Waals surface area contributed by atoms with E-state index in [1.165, 1.54) is 11.1 Å². The number of rotatable bonds is 8. The largest absolute Gasteiger partial charge is 0.493 e. The van der Waals surface area contributed by atoms with Crippen LogP contribution in [0.2, 0.25) is 0 Å². The Morgan fingerprint density at radius 2 is 2.00 bits per heavy atom. The Bertz CT molecular complexity index is 1130. The quantitative estimate of drug-likeness (QED) is 0.471. The van der Waals surface area contributed by atoms with Crippen LogP contribution in [0.1, 0.15) is 54.3 Å². The second-order valence-corrected chi connectivity index (χ2v) is 8.13. The van der Waals surface area contributed by atoms with Gasteiger partial charge < -0.3 is 14.3 Å².